The zero-order valence-electron chi connectivity index (χ0n) is 21.5. The van der Waals surface area contributed by atoms with Crippen molar-refractivity contribution in [1.29, 1.82) is 0 Å². The maximum Gasteiger partial charge on any atom is 0.421 e. The van der Waals surface area contributed by atoms with Crippen molar-refractivity contribution in [2.75, 3.05) is 16.8 Å². The van der Waals surface area contributed by atoms with E-state index in [2.05, 4.69) is 25.7 Å². The van der Waals surface area contributed by atoms with Gasteiger partial charge in [-0.25, -0.2) is 9.97 Å². The van der Waals surface area contributed by atoms with Crippen LogP contribution in [0.2, 0.25) is 0 Å². The molecule has 14 heteroatoms. The van der Waals surface area contributed by atoms with Gasteiger partial charge in [-0.3, -0.25) is 14.3 Å². The third-order valence-corrected chi connectivity index (χ3v) is 6.82. The van der Waals surface area contributed by atoms with Gasteiger partial charge in [0.05, 0.1) is 18.1 Å². The van der Waals surface area contributed by atoms with Crippen LogP contribution in [0.15, 0.2) is 42.9 Å². The number of nitrogens with one attached hydrogen (secondary N) is 2. The molecule has 2 aromatic heterocycles. The van der Waals surface area contributed by atoms with E-state index in [4.69, 9.17) is 5.73 Å². The number of hydrogen-bond acceptors (Lipinski definition) is 8. The van der Waals surface area contributed by atoms with Gasteiger partial charge in [0.1, 0.15) is 5.82 Å². The van der Waals surface area contributed by atoms with Crippen LogP contribution in [0.25, 0.3) is 0 Å². The first-order valence-corrected chi connectivity index (χ1v) is 12.2. The molecule has 2 amide bonds. The van der Waals surface area contributed by atoms with E-state index in [1.165, 1.54) is 18.3 Å². The number of nitrogens with two attached hydrogens (primary N) is 1. The second-order valence-corrected chi connectivity index (χ2v) is 9.62. The van der Waals surface area contributed by atoms with Gasteiger partial charge in [-0.2, -0.15) is 18.3 Å². The maximum atomic E-state index is 13.1. The van der Waals surface area contributed by atoms with Crippen molar-refractivity contribution >= 4 is 29.1 Å². The second kappa shape index (κ2) is 10.5. The summed E-state index contributed by atoms with van der Waals surface area (Å²) >= 11 is 0. The van der Waals surface area contributed by atoms with Crippen LogP contribution >= 0.6 is 0 Å². The molecule has 208 valence electrons. The predicted octanol–water partition coefficient (Wildman–Crippen LogP) is 2.61. The van der Waals surface area contributed by atoms with E-state index in [-0.39, 0.29) is 34.7 Å². The van der Waals surface area contributed by atoms with Crippen molar-refractivity contribution in [3.05, 3.63) is 59.7 Å². The van der Waals surface area contributed by atoms with Gasteiger partial charge in [0.15, 0.2) is 17.1 Å². The minimum atomic E-state index is -4.86. The number of carbonyl (C=O) groups excluding carboxylic acids is 2. The van der Waals surface area contributed by atoms with Crippen LogP contribution in [0.5, 0.6) is 0 Å². The number of piperidine rings is 1. The van der Waals surface area contributed by atoms with Gasteiger partial charge >= 0.3 is 6.18 Å². The molecule has 3 heterocycles. The molecular formula is C25H29F3N8O3. The highest BCUT2D eigenvalue weighted by atomic mass is 19.4. The van der Waals surface area contributed by atoms with E-state index in [9.17, 15) is 27.9 Å². The summed E-state index contributed by atoms with van der Waals surface area (Å²) in [5.41, 5.74) is 2.80. The van der Waals surface area contributed by atoms with Gasteiger partial charge in [-0.05, 0) is 44.4 Å². The number of anilines is 3. The molecule has 0 radical (unpaired) electrons. The van der Waals surface area contributed by atoms with Crippen LogP contribution in [0.4, 0.5) is 30.5 Å². The fraction of sp³-hybridized carbons (Fsp3) is 0.400. The lowest BCUT2D eigenvalue weighted by Gasteiger charge is -2.40. The standard InChI is InChI=1S/C25H29F3N8O3/c1-14-18(33-23(38)15-6-8-16(9-7-15)24(2,39)25(26,27)28)5-4-10-36(14)19-12-30-20(21(29)37)22(34-19)32-17-11-31-35(3)13-17/h6-9,11-14,18,39H,4-5,10H2,1-3H3,(H2,29,37)(H,32,34)(H,33,38)/t14-,18-,24?/m1/s1. The highest BCUT2D eigenvalue weighted by molar-refractivity contribution is 5.96. The number of alkyl halides is 3. The van der Waals surface area contributed by atoms with E-state index >= 15 is 0 Å². The Balaban J connectivity index is 1.50. The molecule has 1 unspecified atom stereocenters. The summed E-state index contributed by atoms with van der Waals surface area (Å²) in [5, 5.41) is 19.9. The Kier molecular flexibility index (Phi) is 7.50. The second-order valence-electron chi connectivity index (χ2n) is 9.62. The summed E-state index contributed by atoms with van der Waals surface area (Å²) in [6.07, 6.45) is 1.23. The zero-order chi connectivity index (χ0) is 28.5. The van der Waals surface area contributed by atoms with Crippen LogP contribution < -0.4 is 21.3 Å². The van der Waals surface area contributed by atoms with E-state index < -0.39 is 23.6 Å². The van der Waals surface area contributed by atoms with Crippen LogP contribution in [-0.2, 0) is 12.6 Å². The number of aryl methyl sites for hydroxylation is 1. The van der Waals surface area contributed by atoms with Crippen LogP contribution in [0.1, 0.15) is 53.1 Å². The number of nitrogens with zero attached hydrogens (tertiary/aromatic N) is 5. The average molecular weight is 547 g/mol. The number of aromatic nitrogens is 4. The van der Waals surface area contributed by atoms with Crippen molar-refractivity contribution in [3.63, 3.8) is 0 Å². The van der Waals surface area contributed by atoms with Crippen molar-refractivity contribution in [2.24, 2.45) is 12.8 Å². The van der Waals surface area contributed by atoms with Gasteiger partial charge in [0.25, 0.3) is 11.8 Å². The molecule has 3 atom stereocenters. The summed E-state index contributed by atoms with van der Waals surface area (Å²) in [7, 11) is 1.74. The van der Waals surface area contributed by atoms with Gasteiger partial charge in [-0.15, -0.1) is 0 Å². The smallest absolute Gasteiger partial charge is 0.376 e. The van der Waals surface area contributed by atoms with E-state index in [1.54, 1.807) is 24.1 Å². The third kappa shape index (κ3) is 5.79. The number of benzene rings is 1. The number of hydrogen-bond donors (Lipinski definition) is 4. The molecule has 3 aromatic rings. The molecule has 1 saturated heterocycles. The summed E-state index contributed by atoms with van der Waals surface area (Å²) in [4.78, 5) is 35.6. The van der Waals surface area contributed by atoms with Crippen molar-refractivity contribution in [1.82, 2.24) is 25.1 Å². The highest BCUT2D eigenvalue weighted by Gasteiger charge is 2.51. The summed E-state index contributed by atoms with van der Waals surface area (Å²) in [6, 6.07) is 4.14. The van der Waals surface area contributed by atoms with Crippen molar-refractivity contribution in [2.45, 2.75) is 50.6 Å². The topological polar surface area (TPSA) is 151 Å². The Morgan fingerprint density at radius 2 is 1.87 bits per heavy atom. The lowest BCUT2D eigenvalue weighted by molar-refractivity contribution is -0.258. The van der Waals surface area contributed by atoms with E-state index in [1.807, 2.05) is 11.8 Å². The average Bonchev–Trinajstić information content (AvgIpc) is 3.28. The highest BCUT2D eigenvalue weighted by Crippen LogP contribution is 2.38. The quantitative estimate of drug-likeness (QED) is 0.353. The number of aliphatic hydroxyl groups is 1. The SMILES string of the molecule is C[C@@H]1[C@H](NC(=O)c2ccc(C(C)(O)C(F)(F)F)cc2)CCCN1c1cnc(C(N)=O)c(Nc2cnn(C)c2)n1. The maximum absolute atomic E-state index is 13.1. The van der Waals surface area contributed by atoms with Crippen LogP contribution in [0.3, 0.4) is 0 Å². The molecule has 1 fully saturated rings. The molecular weight excluding hydrogens is 517 g/mol. The molecule has 1 aliphatic rings. The molecule has 5 N–H and O–H groups in total. The first-order chi connectivity index (χ1) is 18.3. The number of rotatable bonds is 7. The lowest BCUT2D eigenvalue weighted by atomic mass is 9.94. The van der Waals surface area contributed by atoms with E-state index in [0.717, 1.165) is 12.1 Å². The molecule has 0 saturated carbocycles. The molecule has 4 rings (SSSR count). The first-order valence-electron chi connectivity index (χ1n) is 12.2. The molecule has 1 aromatic carbocycles. The van der Waals surface area contributed by atoms with Crippen molar-refractivity contribution in [3.8, 4) is 0 Å². The fourth-order valence-electron chi connectivity index (χ4n) is 4.43. The fourth-order valence-corrected chi connectivity index (χ4v) is 4.43. The molecule has 39 heavy (non-hydrogen) atoms. The van der Waals surface area contributed by atoms with Gasteiger partial charge < -0.3 is 26.4 Å². The summed E-state index contributed by atoms with van der Waals surface area (Å²) in [6.45, 7) is 3.19. The molecule has 0 spiro atoms. The Bertz CT molecular complexity index is 1360. The molecule has 0 aliphatic carbocycles. The van der Waals surface area contributed by atoms with Gasteiger partial charge in [-0.1, -0.05) is 12.1 Å². The summed E-state index contributed by atoms with van der Waals surface area (Å²) < 4.78 is 41.0. The normalized spacial score (nSPS) is 19.3. The lowest BCUT2D eigenvalue weighted by Crippen LogP contribution is -2.54. The van der Waals surface area contributed by atoms with Gasteiger partial charge in [0.2, 0.25) is 0 Å². The third-order valence-electron chi connectivity index (χ3n) is 6.82. The van der Waals surface area contributed by atoms with Gasteiger partial charge in [0, 0.05) is 37.4 Å². The number of amides is 2. The van der Waals surface area contributed by atoms with Crippen LogP contribution in [0, 0.1) is 0 Å². The Hall–Kier alpha value is -4.20. The monoisotopic (exact) mass is 546 g/mol. The largest absolute Gasteiger partial charge is 0.421 e. The Morgan fingerprint density at radius 3 is 2.46 bits per heavy atom. The van der Waals surface area contributed by atoms with E-state index in [0.29, 0.717) is 37.8 Å². The Morgan fingerprint density at radius 1 is 1.18 bits per heavy atom. The molecule has 1 aliphatic heterocycles. The Labute approximate surface area is 222 Å². The number of primary amides is 1. The number of halogens is 3. The minimum absolute atomic E-state index is 0.0370. The van der Waals surface area contributed by atoms with Crippen LogP contribution in [-0.4, -0.2) is 61.5 Å². The molecule has 0 bridgehead atoms. The minimum Gasteiger partial charge on any atom is -0.376 e. The van der Waals surface area contributed by atoms with Crippen molar-refractivity contribution < 1.29 is 27.9 Å². The first kappa shape index (κ1) is 27.8. The summed E-state index contributed by atoms with van der Waals surface area (Å²) in [5.74, 6) is -0.571. The predicted molar refractivity (Wildman–Crippen MR) is 136 cm³/mol. The molecule has 11 nitrogen and oxygen atoms in total. The number of carbonyl (C=O) groups is 2. The zero-order valence-corrected chi connectivity index (χ0v) is 21.5.